The van der Waals surface area contributed by atoms with E-state index in [2.05, 4.69) is 15.3 Å². The number of likely N-dealkylation sites (tertiary alicyclic amines) is 1. The molecule has 1 unspecified atom stereocenters. The highest BCUT2D eigenvalue weighted by Crippen LogP contribution is 2.32. The molecule has 10 heteroatoms. The first kappa shape index (κ1) is 22.1. The van der Waals surface area contributed by atoms with E-state index in [9.17, 15) is 23.9 Å². The molecule has 2 amide bonds. The van der Waals surface area contributed by atoms with Crippen molar-refractivity contribution in [3.05, 3.63) is 87.6 Å². The van der Waals surface area contributed by atoms with Crippen LogP contribution in [0.15, 0.2) is 53.6 Å². The van der Waals surface area contributed by atoms with Crippen molar-refractivity contribution in [1.82, 2.24) is 24.8 Å². The van der Waals surface area contributed by atoms with Crippen LogP contribution in [0.2, 0.25) is 0 Å². The summed E-state index contributed by atoms with van der Waals surface area (Å²) in [6, 6.07) is 8.24. The zero-order valence-corrected chi connectivity index (χ0v) is 17.9. The van der Waals surface area contributed by atoms with Crippen LogP contribution in [0.25, 0.3) is 0 Å². The number of nitrogens with zero attached hydrogens (tertiary/aromatic N) is 4. The van der Waals surface area contributed by atoms with Gasteiger partial charge in [-0.3, -0.25) is 23.9 Å². The predicted molar refractivity (Wildman–Crippen MR) is 116 cm³/mol. The molecule has 2 aromatic heterocycles. The number of aromatic hydroxyl groups is 1. The number of amides is 2. The first-order valence-corrected chi connectivity index (χ1v) is 10.4. The van der Waals surface area contributed by atoms with Gasteiger partial charge in [0.05, 0.1) is 6.04 Å². The quantitative estimate of drug-likeness (QED) is 0.612. The predicted octanol–water partition coefficient (Wildman–Crippen LogP) is 1.93. The number of pyridine rings is 1. The monoisotopic (exact) mass is 451 g/mol. The third-order valence-corrected chi connectivity index (χ3v) is 5.62. The minimum Gasteiger partial charge on any atom is -0.501 e. The zero-order valence-electron chi connectivity index (χ0n) is 17.9. The smallest absolute Gasteiger partial charge is 0.296 e. The van der Waals surface area contributed by atoms with Crippen molar-refractivity contribution in [2.24, 2.45) is 7.05 Å². The molecule has 9 nitrogen and oxygen atoms in total. The van der Waals surface area contributed by atoms with Gasteiger partial charge in [0, 0.05) is 38.1 Å². The van der Waals surface area contributed by atoms with Gasteiger partial charge in [0.2, 0.25) is 5.75 Å². The van der Waals surface area contributed by atoms with Crippen molar-refractivity contribution in [3.8, 4) is 5.75 Å². The van der Waals surface area contributed by atoms with E-state index in [0.29, 0.717) is 30.5 Å². The van der Waals surface area contributed by atoms with E-state index >= 15 is 0 Å². The summed E-state index contributed by atoms with van der Waals surface area (Å²) in [7, 11) is 1.44. The second-order valence-corrected chi connectivity index (χ2v) is 7.73. The molecule has 3 aromatic rings. The fraction of sp³-hybridized carbons (Fsp3) is 0.261. The molecule has 170 valence electrons. The highest BCUT2D eigenvalue weighted by atomic mass is 19.1. The number of hydrogen-bond acceptors (Lipinski definition) is 6. The molecule has 1 aliphatic heterocycles. The van der Waals surface area contributed by atoms with Crippen molar-refractivity contribution in [2.75, 3.05) is 6.54 Å². The van der Waals surface area contributed by atoms with E-state index in [1.165, 1.54) is 43.7 Å². The zero-order chi connectivity index (χ0) is 23.5. The van der Waals surface area contributed by atoms with Gasteiger partial charge in [0.25, 0.3) is 17.4 Å². The highest BCUT2D eigenvalue weighted by Gasteiger charge is 2.34. The van der Waals surface area contributed by atoms with Crippen LogP contribution in [0.1, 0.15) is 51.1 Å². The second kappa shape index (κ2) is 9.19. The first-order valence-electron chi connectivity index (χ1n) is 10.4. The summed E-state index contributed by atoms with van der Waals surface area (Å²) in [6.45, 7) is 0.523. The molecule has 1 aromatic carbocycles. The van der Waals surface area contributed by atoms with E-state index in [1.54, 1.807) is 17.0 Å². The van der Waals surface area contributed by atoms with Gasteiger partial charge in [-0.25, -0.2) is 9.37 Å². The van der Waals surface area contributed by atoms with E-state index < -0.39 is 34.8 Å². The highest BCUT2D eigenvalue weighted by molar-refractivity contribution is 5.95. The number of benzene rings is 1. The Kier molecular flexibility index (Phi) is 6.16. The average molecular weight is 451 g/mol. The molecule has 0 saturated carbocycles. The molecule has 2 N–H and O–H groups in total. The topological polar surface area (TPSA) is 117 Å². The van der Waals surface area contributed by atoms with E-state index in [-0.39, 0.29) is 18.3 Å². The summed E-state index contributed by atoms with van der Waals surface area (Å²) in [6.07, 6.45) is 4.30. The Labute approximate surface area is 188 Å². The van der Waals surface area contributed by atoms with Crippen LogP contribution in [-0.2, 0) is 13.6 Å². The summed E-state index contributed by atoms with van der Waals surface area (Å²) < 4.78 is 14.2. The van der Waals surface area contributed by atoms with Crippen molar-refractivity contribution in [3.63, 3.8) is 0 Å². The molecule has 0 spiro atoms. The second-order valence-electron chi connectivity index (χ2n) is 7.73. The number of nitrogens with one attached hydrogen (secondary N) is 1. The van der Waals surface area contributed by atoms with Crippen molar-refractivity contribution >= 4 is 11.8 Å². The Morgan fingerprint density at radius 3 is 2.58 bits per heavy atom. The third kappa shape index (κ3) is 4.45. The fourth-order valence-corrected chi connectivity index (χ4v) is 3.87. The lowest BCUT2D eigenvalue weighted by molar-refractivity contribution is 0.0726. The minimum absolute atomic E-state index is 0.0564. The van der Waals surface area contributed by atoms with Gasteiger partial charge in [-0.05, 0) is 42.7 Å². The maximum Gasteiger partial charge on any atom is 0.296 e. The maximum absolute atomic E-state index is 13.1. The van der Waals surface area contributed by atoms with Crippen molar-refractivity contribution < 1.29 is 19.1 Å². The maximum atomic E-state index is 13.1. The van der Waals surface area contributed by atoms with Crippen LogP contribution in [0.5, 0.6) is 5.75 Å². The SMILES string of the molecule is Cn1c(C2CCCN2C(=O)c2ccncc2)nc(C(=O)NCc2ccc(F)cc2)c(O)c1=O. The van der Waals surface area contributed by atoms with Crippen molar-refractivity contribution in [1.29, 1.82) is 0 Å². The van der Waals surface area contributed by atoms with Crippen LogP contribution < -0.4 is 10.9 Å². The number of carbonyl (C=O) groups is 2. The molecule has 4 rings (SSSR count). The molecular formula is C23H22FN5O4. The van der Waals surface area contributed by atoms with E-state index in [4.69, 9.17) is 0 Å². The summed E-state index contributed by atoms with van der Waals surface area (Å²) in [5.74, 6) is -1.94. The van der Waals surface area contributed by atoms with Crippen LogP contribution in [0.4, 0.5) is 4.39 Å². The Bertz CT molecular complexity index is 1240. The lowest BCUT2D eigenvalue weighted by atomic mass is 10.1. The molecule has 1 aliphatic rings. The van der Waals surface area contributed by atoms with Crippen LogP contribution >= 0.6 is 0 Å². The van der Waals surface area contributed by atoms with E-state index in [1.807, 2.05) is 0 Å². The minimum atomic E-state index is -0.782. The standard InChI is InChI=1S/C23H22FN5O4/c1-28-20(17-3-2-12-29(17)22(32)15-8-10-25-11-9-15)27-18(19(30)23(28)33)21(31)26-13-14-4-6-16(24)7-5-14/h4-11,17,30H,2-3,12-13H2,1H3,(H,26,31). The summed E-state index contributed by atoms with van der Waals surface area (Å²) >= 11 is 0. The van der Waals surface area contributed by atoms with Crippen LogP contribution in [0, 0.1) is 5.82 Å². The lowest BCUT2D eigenvalue weighted by Crippen LogP contribution is -2.36. The normalized spacial score (nSPS) is 15.5. The first-order chi connectivity index (χ1) is 15.9. The Balaban J connectivity index is 1.62. The van der Waals surface area contributed by atoms with Crippen LogP contribution in [-0.4, -0.2) is 42.9 Å². The Morgan fingerprint density at radius 2 is 1.88 bits per heavy atom. The Hall–Kier alpha value is -4.08. The van der Waals surface area contributed by atoms with E-state index in [0.717, 1.165) is 4.57 Å². The molecule has 3 heterocycles. The average Bonchev–Trinajstić information content (AvgIpc) is 3.32. The number of rotatable bonds is 5. The number of halogens is 1. The summed E-state index contributed by atoms with van der Waals surface area (Å²) in [5.41, 5.74) is -0.107. The van der Waals surface area contributed by atoms with Gasteiger partial charge in [-0.2, -0.15) is 0 Å². The summed E-state index contributed by atoms with van der Waals surface area (Å²) in [4.78, 5) is 48.3. The van der Waals surface area contributed by atoms with Gasteiger partial charge in [-0.1, -0.05) is 12.1 Å². The number of hydrogen-bond donors (Lipinski definition) is 2. The molecule has 0 bridgehead atoms. The van der Waals surface area contributed by atoms with Crippen molar-refractivity contribution in [2.45, 2.75) is 25.4 Å². The molecule has 33 heavy (non-hydrogen) atoms. The van der Waals surface area contributed by atoms with Gasteiger partial charge >= 0.3 is 0 Å². The van der Waals surface area contributed by atoms with Gasteiger partial charge in [-0.15, -0.1) is 0 Å². The van der Waals surface area contributed by atoms with Gasteiger partial charge in [0.1, 0.15) is 11.6 Å². The molecule has 1 fully saturated rings. The largest absolute Gasteiger partial charge is 0.501 e. The molecule has 1 saturated heterocycles. The van der Waals surface area contributed by atoms with Gasteiger partial charge in [0.15, 0.2) is 5.69 Å². The molecular weight excluding hydrogens is 429 g/mol. The molecule has 1 atom stereocenters. The van der Waals surface area contributed by atoms with Gasteiger partial charge < -0.3 is 15.3 Å². The van der Waals surface area contributed by atoms with Crippen LogP contribution in [0.3, 0.4) is 0 Å². The fourth-order valence-electron chi connectivity index (χ4n) is 3.87. The molecule has 0 radical (unpaired) electrons. The third-order valence-electron chi connectivity index (χ3n) is 5.62. The molecule has 0 aliphatic carbocycles. The number of carbonyl (C=O) groups excluding carboxylic acids is 2. The number of aromatic nitrogens is 3. The lowest BCUT2D eigenvalue weighted by Gasteiger charge is -2.26. The Morgan fingerprint density at radius 1 is 1.18 bits per heavy atom. The summed E-state index contributed by atoms with van der Waals surface area (Å²) in [5, 5.41) is 12.9.